The van der Waals surface area contributed by atoms with Crippen molar-refractivity contribution in [1.29, 1.82) is 0 Å². The van der Waals surface area contributed by atoms with Gasteiger partial charge in [-0.1, -0.05) is 27.5 Å². The van der Waals surface area contributed by atoms with Crippen LogP contribution in [-0.2, 0) is 0 Å². The molecular formula is C16H9BrClN3O4. The molecule has 0 unspecified atom stereocenters. The summed E-state index contributed by atoms with van der Waals surface area (Å²) in [5, 5.41) is 20.9. The molecule has 2 aromatic carbocycles. The van der Waals surface area contributed by atoms with Gasteiger partial charge < -0.3 is 9.52 Å². The van der Waals surface area contributed by atoms with Crippen molar-refractivity contribution in [2.75, 3.05) is 0 Å². The van der Waals surface area contributed by atoms with Crippen LogP contribution in [0.25, 0.3) is 11.5 Å². The topological polar surface area (TPSA) is 102 Å². The number of benzene rings is 2. The fourth-order valence-electron chi connectivity index (χ4n) is 1.97. The van der Waals surface area contributed by atoms with Gasteiger partial charge in [0, 0.05) is 22.2 Å². The summed E-state index contributed by atoms with van der Waals surface area (Å²) >= 11 is 9.30. The van der Waals surface area contributed by atoms with Crippen LogP contribution >= 0.6 is 27.5 Å². The first kappa shape index (κ1) is 17.1. The minimum atomic E-state index is -0.547. The zero-order valence-electron chi connectivity index (χ0n) is 12.4. The number of nitrogens with zero attached hydrogens (tertiary/aromatic N) is 3. The first-order valence-electron chi connectivity index (χ1n) is 6.88. The molecule has 0 saturated heterocycles. The SMILES string of the molecule is O=[N+]([O-])c1ccc(Cl)c(N=Cc2nc(-c3ccc(Br)cc3)oc2O)c1. The van der Waals surface area contributed by atoms with E-state index in [4.69, 9.17) is 16.0 Å². The number of halogens is 2. The average molecular weight is 423 g/mol. The summed E-state index contributed by atoms with van der Waals surface area (Å²) in [6, 6.07) is 11.1. The second-order valence-electron chi connectivity index (χ2n) is 4.87. The Labute approximate surface area is 154 Å². The van der Waals surface area contributed by atoms with Crippen LogP contribution in [0.4, 0.5) is 11.4 Å². The van der Waals surface area contributed by atoms with Gasteiger partial charge in [0.25, 0.3) is 5.69 Å². The van der Waals surface area contributed by atoms with E-state index in [9.17, 15) is 15.2 Å². The molecule has 7 nitrogen and oxygen atoms in total. The van der Waals surface area contributed by atoms with Gasteiger partial charge in [0.15, 0.2) is 5.69 Å². The van der Waals surface area contributed by atoms with Gasteiger partial charge in [-0.05, 0) is 30.3 Å². The normalized spacial score (nSPS) is 11.1. The molecule has 0 saturated carbocycles. The molecule has 0 fully saturated rings. The second kappa shape index (κ2) is 7.04. The van der Waals surface area contributed by atoms with Crippen molar-refractivity contribution < 1.29 is 14.4 Å². The molecule has 9 heteroatoms. The van der Waals surface area contributed by atoms with Gasteiger partial charge in [-0.2, -0.15) is 0 Å². The molecule has 3 aromatic rings. The highest BCUT2D eigenvalue weighted by Gasteiger charge is 2.13. The molecule has 25 heavy (non-hydrogen) atoms. The highest BCUT2D eigenvalue weighted by Crippen LogP contribution is 2.30. The number of rotatable bonds is 4. The molecule has 1 heterocycles. The summed E-state index contributed by atoms with van der Waals surface area (Å²) in [4.78, 5) is 18.5. The summed E-state index contributed by atoms with van der Waals surface area (Å²) in [5.41, 5.74) is 0.798. The number of aliphatic imine (C=N–C) groups is 1. The second-order valence-corrected chi connectivity index (χ2v) is 6.19. The zero-order valence-corrected chi connectivity index (χ0v) is 14.7. The van der Waals surface area contributed by atoms with Gasteiger partial charge in [-0.3, -0.25) is 15.1 Å². The van der Waals surface area contributed by atoms with Crippen molar-refractivity contribution in [2.24, 2.45) is 4.99 Å². The number of nitro benzene ring substituents is 1. The summed E-state index contributed by atoms with van der Waals surface area (Å²) in [6.07, 6.45) is 1.23. The molecule has 0 radical (unpaired) electrons. The Bertz CT molecular complexity index is 970. The van der Waals surface area contributed by atoms with Crippen LogP contribution in [0.5, 0.6) is 5.95 Å². The Hall–Kier alpha value is -2.71. The maximum Gasteiger partial charge on any atom is 0.312 e. The van der Waals surface area contributed by atoms with Crippen molar-refractivity contribution in [3.63, 3.8) is 0 Å². The lowest BCUT2D eigenvalue weighted by atomic mass is 10.2. The molecule has 0 aliphatic rings. The predicted molar refractivity (Wildman–Crippen MR) is 96.7 cm³/mol. The number of hydrogen-bond acceptors (Lipinski definition) is 6. The highest BCUT2D eigenvalue weighted by atomic mass is 79.9. The monoisotopic (exact) mass is 421 g/mol. The number of aromatic hydroxyl groups is 1. The van der Waals surface area contributed by atoms with E-state index in [0.717, 1.165) is 4.47 Å². The summed E-state index contributed by atoms with van der Waals surface area (Å²) in [5.74, 6) is -0.195. The zero-order chi connectivity index (χ0) is 18.0. The third kappa shape index (κ3) is 3.86. The fourth-order valence-corrected chi connectivity index (χ4v) is 2.40. The lowest BCUT2D eigenvalue weighted by Crippen LogP contribution is -1.87. The van der Waals surface area contributed by atoms with Gasteiger partial charge in [0.2, 0.25) is 5.89 Å². The number of nitro groups is 1. The maximum absolute atomic E-state index is 10.8. The molecule has 0 aliphatic heterocycles. The van der Waals surface area contributed by atoms with Gasteiger partial charge in [-0.25, -0.2) is 4.98 Å². The first-order valence-corrected chi connectivity index (χ1v) is 8.05. The number of oxazole rings is 1. The van der Waals surface area contributed by atoms with Crippen LogP contribution in [-0.4, -0.2) is 21.2 Å². The molecule has 0 aliphatic carbocycles. The van der Waals surface area contributed by atoms with Crippen LogP contribution in [0.2, 0.25) is 5.02 Å². The lowest BCUT2D eigenvalue weighted by molar-refractivity contribution is -0.384. The largest absolute Gasteiger partial charge is 0.479 e. The maximum atomic E-state index is 10.8. The Morgan fingerprint density at radius 1 is 1.28 bits per heavy atom. The third-order valence-corrected chi connectivity index (χ3v) is 4.04. The standard InChI is InChI=1S/C16H9BrClN3O4/c17-10-3-1-9(2-4-10)15-20-14(16(22)25-15)8-19-13-7-11(21(23)24)5-6-12(13)18/h1-8,22H. The van der Waals surface area contributed by atoms with E-state index in [1.165, 1.54) is 24.4 Å². The van der Waals surface area contributed by atoms with E-state index in [0.29, 0.717) is 5.56 Å². The summed E-state index contributed by atoms with van der Waals surface area (Å²) < 4.78 is 6.12. The van der Waals surface area contributed by atoms with Crippen LogP contribution in [0, 0.1) is 10.1 Å². The van der Waals surface area contributed by atoms with E-state index >= 15 is 0 Å². The van der Waals surface area contributed by atoms with Crippen molar-refractivity contribution in [3.05, 3.63) is 67.8 Å². The molecule has 0 atom stereocenters. The molecule has 1 aromatic heterocycles. The van der Waals surface area contributed by atoms with Gasteiger partial charge >= 0.3 is 5.95 Å². The van der Waals surface area contributed by atoms with Crippen molar-refractivity contribution in [1.82, 2.24) is 4.98 Å². The molecular weight excluding hydrogens is 414 g/mol. The Kier molecular flexibility index (Phi) is 4.82. The van der Waals surface area contributed by atoms with Crippen LogP contribution in [0.3, 0.4) is 0 Å². The van der Waals surface area contributed by atoms with Gasteiger partial charge in [-0.15, -0.1) is 0 Å². The van der Waals surface area contributed by atoms with Crippen molar-refractivity contribution >= 4 is 45.1 Å². The van der Waals surface area contributed by atoms with E-state index in [-0.39, 0.29) is 28.0 Å². The summed E-state index contributed by atoms with van der Waals surface area (Å²) in [6.45, 7) is 0. The molecule has 1 N–H and O–H groups in total. The third-order valence-electron chi connectivity index (χ3n) is 3.19. The van der Waals surface area contributed by atoms with E-state index in [1.807, 2.05) is 12.1 Å². The Balaban J connectivity index is 1.91. The predicted octanol–water partition coefficient (Wildman–Crippen LogP) is 5.12. The van der Waals surface area contributed by atoms with Crippen LogP contribution in [0.1, 0.15) is 5.69 Å². The van der Waals surface area contributed by atoms with E-state index < -0.39 is 10.9 Å². The quantitative estimate of drug-likeness (QED) is 0.357. The first-order chi connectivity index (χ1) is 11.9. The van der Waals surface area contributed by atoms with Crippen molar-refractivity contribution in [2.45, 2.75) is 0 Å². The van der Waals surface area contributed by atoms with E-state index in [2.05, 4.69) is 25.9 Å². The average Bonchev–Trinajstić information content (AvgIpc) is 2.95. The van der Waals surface area contributed by atoms with Crippen LogP contribution < -0.4 is 0 Å². The van der Waals surface area contributed by atoms with Gasteiger partial charge in [0.05, 0.1) is 21.8 Å². The highest BCUT2D eigenvalue weighted by molar-refractivity contribution is 9.10. The minimum Gasteiger partial charge on any atom is -0.479 e. The van der Waals surface area contributed by atoms with E-state index in [1.54, 1.807) is 12.1 Å². The minimum absolute atomic E-state index is 0.0838. The molecule has 0 spiro atoms. The van der Waals surface area contributed by atoms with Gasteiger partial charge in [0.1, 0.15) is 0 Å². The van der Waals surface area contributed by atoms with Crippen LogP contribution in [0.15, 0.2) is 56.3 Å². The lowest BCUT2D eigenvalue weighted by Gasteiger charge is -1.97. The molecule has 0 bridgehead atoms. The fraction of sp³-hybridized carbons (Fsp3) is 0. The molecule has 0 amide bonds. The number of non-ortho nitro benzene ring substituents is 1. The van der Waals surface area contributed by atoms with Crippen molar-refractivity contribution in [3.8, 4) is 17.4 Å². The molecule has 3 rings (SSSR count). The smallest absolute Gasteiger partial charge is 0.312 e. The number of hydrogen-bond donors (Lipinski definition) is 1. The number of aromatic nitrogens is 1. The molecule has 126 valence electrons. The Morgan fingerprint density at radius 2 is 2.00 bits per heavy atom. The summed E-state index contributed by atoms with van der Waals surface area (Å²) in [7, 11) is 0. The Morgan fingerprint density at radius 3 is 2.68 bits per heavy atom.